The van der Waals surface area contributed by atoms with Gasteiger partial charge in [0.15, 0.2) is 0 Å². The highest BCUT2D eigenvalue weighted by Crippen LogP contribution is 1.90. The van der Waals surface area contributed by atoms with Crippen molar-refractivity contribution in [2.75, 3.05) is 13.1 Å². The molecule has 0 aromatic heterocycles. The van der Waals surface area contributed by atoms with E-state index in [4.69, 9.17) is 12.8 Å². The van der Waals surface area contributed by atoms with Crippen LogP contribution in [0, 0.1) is 24.7 Å². The van der Waals surface area contributed by atoms with E-state index in [2.05, 4.69) is 5.92 Å². The highest BCUT2D eigenvalue weighted by molar-refractivity contribution is 5.93. The highest BCUT2D eigenvalue weighted by Gasteiger charge is 2.06. The quantitative estimate of drug-likeness (QED) is 0.535. The minimum Gasteiger partial charge on any atom is -0.321 e. The average molecular weight is 149 g/mol. The molecule has 58 valence electrons. The summed E-state index contributed by atoms with van der Waals surface area (Å²) in [5.74, 6) is 4.07. The third-order valence-electron chi connectivity index (χ3n) is 1.19. The number of hydrogen-bond acceptors (Lipinski definition) is 1. The minimum atomic E-state index is -0.329. The number of carbonyl (C=O) groups is 1. The summed E-state index contributed by atoms with van der Waals surface area (Å²) >= 11 is 0. The van der Waals surface area contributed by atoms with Crippen molar-refractivity contribution < 1.29 is 4.79 Å². The maximum absolute atomic E-state index is 10.9. The van der Waals surface area contributed by atoms with Crippen molar-refractivity contribution in [3.8, 4) is 24.7 Å². The van der Waals surface area contributed by atoms with Crippen LogP contribution in [0.2, 0.25) is 0 Å². The maximum Gasteiger partial charge on any atom is 0.298 e. The topological polar surface area (TPSA) is 20.3 Å². The summed E-state index contributed by atoms with van der Waals surface area (Å²) in [6, 6.07) is 0. The van der Waals surface area contributed by atoms with E-state index >= 15 is 0 Å². The smallest absolute Gasteiger partial charge is 0.298 e. The van der Waals surface area contributed by atoms with Crippen molar-refractivity contribution >= 4 is 5.91 Å². The summed E-state index contributed by atoms with van der Waals surface area (Å²) < 4.78 is 0. The first-order valence-corrected chi connectivity index (χ1v) is 3.45. The minimum absolute atomic E-state index is 0.302. The lowest BCUT2D eigenvalue weighted by atomic mass is 10.4. The Morgan fingerprint density at radius 1 is 1.55 bits per heavy atom. The molecule has 0 N–H and O–H groups in total. The molecule has 0 aliphatic rings. The Balaban J connectivity index is 4.02. The molecule has 0 aliphatic carbocycles. The molecule has 0 saturated carbocycles. The van der Waals surface area contributed by atoms with Crippen LogP contribution in [0.15, 0.2) is 0 Å². The second-order valence-corrected chi connectivity index (χ2v) is 2.08. The molecular weight excluding hydrogens is 138 g/mol. The van der Waals surface area contributed by atoms with Gasteiger partial charge in [0, 0.05) is 6.54 Å². The number of hydrogen-bond donors (Lipinski definition) is 0. The molecule has 0 unspecified atom stereocenters. The van der Waals surface area contributed by atoms with Crippen LogP contribution < -0.4 is 0 Å². The number of amides is 1. The predicted octanol–water partition coefficient (Wildman–Crippen LogP) is 0.491. The van der Waals surface area contributed by atoms with Crippen LogP contribution in [0.5, 0.6) is 0 Å². The van der Waals surface area contributed by atoms with Crippen LogP contribution in [-0.2, 0) is 4.79 Å². The molecule has 2 nitrogen and oxygen atoms in total. The first kappa shape index (κ1) is 9.59. The Labute approximate surface area is 67.6 Å². The lowest BCUT2D eigenvalue weighted by Crippen LogP contribution is -2.30. The van der Waals surface area contributed by atoms with Crippen molar-refractivity contribution in [1.29, 1.82) is 0 Å². The van der Waals surface area contributed by atoms with Crippen LogP contribution >= 0.6 is 0 Å². The molecule has 0 saturated heterocycles. The van der Waals surface area contributed by atoms with E-state index in [1.807, 2.05) is 12.8 Å². The molecule has 0 aromatic carbocycles. The molecule has 1 amide bonds. The van der Waals surface area contributed by atoms with Crippen molar-refractivity contribution in [1.82, 2.24) is 4.90 Å². The van der Waals surface area contributed by atoms with E-state index < -0.39 is 0 Å². The molecule has 0 aliphatic heterocycles. The summed E-state index contributed by atoms with van der Waals surface area (Å²) in [6.07, 6.45) is 10.8. The van der Waals surface area contributed by atoms with Gasteiger partial charge >= 0.3 is 0 Å². The van der Waals surface area contributed by atoms with E-state index in [1.54, 1.807) is 0 Å². The van der Waals surface area contributed by atoms with E-state index in [0.29, 0.717) is 13.1 Å². The first-order chi connectivity index (χ1) is 5.26. The molecule has 0 heterocycles. The predicted molar refractivity (Wildman–Crippen MR) is 44.5 cm³/mol. The lowest BCUT2D eigenvalue weighted by molar-refractivity contribution is -0.124. The number of carbonyl (C=O) groups excluding carboxylic acids is 1. The van der Waals surface area contributed by atoms with E-state index in [9.17, 15) is 4.79 Å². The molecule has 2 heteroatoms. The van der Waals surface area contributed by atoms with Crippen molar-refractivity contribution in [2.24, 2.45) is 0 Å². The molecular formula is C9H11NO. The van der Waals surface area contributed by atoms with Crippen LogP contribution in [0.1, 0.15) is 13.3 Å². The van der Waals surface area contributed by atoms with Crippen LogP contribution in [-0.4, -0.2) is 23.9 Å². The number of rotatable bonds is 3. The van der Waals surface area contributed by atoms with Gasteiger partial charge in [0.05, 0.1) is 6.54 Å². The van der Waals surface area contributed by atoms with Crippen LogP contribution in [0.3, 0.4) is 0 Å². The Morgan fingerprint density at radius 2 is 2.18 bits per heavy atom. The third kappa shape index (κ3) is 3.33. The van der Waals surface area contributed by atoms with Gasteiger partial charge in [-0.15, -0.1) is 12.8 Å². The Morgan fingerprint density at radius 3 is 2.55 bits per heavy atom. The molecule has 11 heavy (non-hydrogen) atoms. The summed E-state index contributed by atoms with van der Waals surface area (Å²) in [7, 11) is 0. The van der Waals surface area contributed by atoms with Crippen LogP contribution in [0.4, 0.5) is 0 Å². The third-order valence-corrected chi connectivity index (χ3v) is 1.19. The SMILES string of the molecule is C#CCN(CCC)C(=O)C#C. The fraction of sp³-hybridized carbons (Fsp3) is 0.444. The molecule has 0 fully saturated rings. The largest absolute Gasteiger partial charge is 0.321 e. The van der Waals surface area contributed by atoms with Gasteiger partial charge in [-0.2, -0.15) is 0 Å². The van der Waals surface area contributed by atoms with Gasteiger partial charge < -0.3 is 4.90 Å². The summed E-state index contributed by atoms with van der Waals surface area (Å²) in [6.45, 7) is 2.90. The second-order valence-electron chi connectivity index (χ2n) is 2.08. The van der Waals surface area contributed by atoms with Crippen molar-refractivity contribution in [3.63, 3.8) is 0 Å². The Bertz CT molecular complexity index is 207. The standard InChI is InChI=1S/C9H11NO/c1-4-7-10(8-5-2)9(11)6-3/h1,3H,5,7-8H2,2H3. The van der Waals surface area contributed by atoms with Crippen molar-refractivity contribution in [3.05, 3.63) is 0 Å². The van der Waals surface area contributed by atoms with Gasteiger partial charge in [-0.05, 0) is 12.3 Å². The zero-order valence-electron chi connectivity index (χ0n) is 6.63. The zero-order chi connectivity index (χ0) is 8.69. The van der Waals surface area contributed by atoms with E-state index in [1.165, 1.54) is 4.90 Å². The zero-order valence-corrected chi connectivity index (χ0v) is 6.63. The van der Waals surface area contributed by atoms with E-state index in [-0.39, 0.29) is 5.91 Å². The molecule has 0 spiro atoms. The fourth-order valence-corrected chi connectivity index (χ4v) is 0.724. The molecule has 0 rings (SSSR count). The first-order valence-electron chi connectivity index (χ1n) is 3.45. The molecule has 0 aromatic rings. The summed E-state index contributed by atoms with van der Waals surface area (Å²) in [4.78, 5) is 12.4. The van der Waals surface area contributed by atoms with Gasteiger partial charge in [0.25, 0.3) is 5.91 Å². The monoisotopic (exact) mass is 149 g/mol. The van der Waals surface area contributed by atoms with Crippen LogP contribution in [0.25, 0.3) is 0 Å². The van der Waals surface area contributed by atoms with Gasteiger partial charge in [0.1, 0.15) is 0 Å². The second kappa shape index (κ2) is 5.38. The Kier molecular flexibility index (Phi) is 4.69. The normalized spacial score (nSPS) is 7.91. The Hall–Kier alpha value is -1.41. The van der Waals surface area contributed by atoms with E-state index in [0.717, 1.165) is 6.42 Å². The fourth-order valence-electron chi connectivity index (χ4n) is 0.724. The molecule has 0 atom stereocenters. The van der Waals surface area contributed by atoms with Crippen molar-refractivity contribution in [2.45, 2.75) is 13.3 Å². The summed E-state index contributed by atoms with van der Waals surface area (Å²) in [5.41, 5.74) is 0. The van der Waals surface area contributed by atoms with Gasteiger partial charge in [-0.25, -0.2) is 0 Å². The number of terminal acetylenes is 2. The molecule has 0 bridgehead atoms. The highest BCUT2D eigenvalue weighted by atomic mass is 16.2. The number of nitrogens with zero attached hydrogens (tertiary/aromatic N) is 1. The summed E-state index contributed by atoms with van der Waals surface area (Å²) in [5, 5.41) is 0. The lowest BCUT2D eigenvalue weighted by Gasteiger charge is -2.15. The average Bonchev–Trinajstić information content (AvgIpc) is 2.03. The molecule has 0 radical (unpaired) electrons. The van der Waals surface area contributed by atoms with Gasteiger partial charge in [0.2, 0.25) is 0 Å². The maximum atomic E-state index is 10.9. The van der Waals surface area contributed by atoms with Gasteiger partial charge in [-0.1, -0.05) is 12.8 Å². The van der Waals surface area contributed by atoms with Gasteiger partial charge in [-0.3, -0.25) is 4.79 Å².